The highest BCUT2D eigenvalue weighted by Gasteiger charge is 2.14. The van der Waals surface area contributed by atoms with Crippen molar-refractivity contribution in [2.45, 2.75) is 19.8 Å². The molecule has 7 nitrogen and oxygen atoms in total. The Labute approximate surface area is 125 Å². The zero-order valence-corrected chi connectivity index (χ0v) is 12.3. The number of nitro groups is 1. The van der Waals surface area contributed by atoms with Gasteiger partial charge in [-0.3, -0.25) is 10.1 Å². The lowest BCUT2D eigenvalue weighted by molar-refractivity contribution is -0.385. The number of nitrogens with two attached hydrogens (primary N) is 1. The normalized spacial score (nSPS) is 10.3. The molecule has 1 heterocycles. The number of anilines is 1. The van der Waals surface area contributed by atoms with Crippen LogP contribution in [0, 0.1) is 10.1 Å². The van der Waals surface area contributed by atoms with Gasteiger partial charge in [0.05, 0.1) is 23.8 Å². The zero-order chi connectivity index (χ0) is 15.2. The second-order valence-corrected chi connectivity index (χ2v) is 5.23. The summed E-state index contributed by atoms with van der Waals surface area (Å²) in [5, 5.41) is 11.7. The summed E-state index contributed by atoms with van der Waals surface area (Å²) in [7, 11) is 0. The third-order valence-electron chi connectivity index (χ3n) is 2.61. The van der Waals surface area contributed by atoms with Crippen molar-refractivity contribution >= 4 is 22.2 Å². The Kier molecular flexibility index (Phi) is 4.94. The summed E-state index contributed by atoms with van der Waals surface area (Å²) < 4.78 is 11.2. The summed E-state index contributed by atoms with van der Waals surface area (Å²) in [6.45, 7) is 2.51. The maximum absolute atomic E-state index is 10.8. The van der Waals surface area contributed by atoms with Gasteiger partial charge in [-0.15, -0.1) is 0 Å². The van der Waals surface area contributed by atoms with Gasteiger partial charge < -0.3 is 15.2 Å². The van der Waals surface area contributed by atoms with Gasteiger partial charge in [-0.2, -0.15) is 0 Å². The molecule has 0 radical (unpaired) electrons. The number of rotatable bonds is 7. The predicted octanol–water partition coefficient (Wildman–Crippen LogP) is 3.60. The molecule has 0 saturated carbocycles. The van der Waals surface area contributed by atoms with Crippen molar-refractivity contribution in [3.63, 3.8) is 0 Å². The number of aromatic nitrogens is 1. The third-order valence-corrected chi connectivity index (χ3v) is 3.31. The number of benzene rings is 1. The molecule has 112 valence electrons. The van der Waals surface area contributed by atoms with E-state index in [2.05, 4.69) is 4.98 Å². The van der Waals surface area contributed by atoms with Gasteiger partial charge in [0.2, 0.25) is 5.06 Å². The Bertz CT molecular complexity index is 630. The molecule has 2 N–H and O–H groups in total. The first-order chi connectivity index (χ1) is 10.1. The molecule has 2 rings (SSSR count). The van der Waals surface area contributed by atoms with Crippen LogP contribution in [0.25, 0.3) is 0 Å². The Morgan fingerprint density at radius 2 is 2.24 bits per heavy atom. The van der Waals surface area contributed by atoms with Gasteiger partial charge in [-0.25, -0.2) is 4.98 Å². The first-order valence-electron chi connectivity index (χ1n) is 6.40. The summed E-state index contributed by atoms with van der Waals surface area (Å²) in [6.07, 6.45) is 3.32. The molecule has 0 bridgehead atoms. The first-order valence-corrected chi connectivity index (χ1v) is 7.22. The van der Waals surface area contributed by atoms with Crippen molar-refractivity contribution in [1.82, 2.24) is 4.98 Å². The lowest BCUT2D eigenvalue weighted by Crippen LogP contribution is -1.99. The molecule has 1 aromatic heterocycles. The van der Waals surface area contributed by atoms with Crippen molar-refractivity contribution in [3.8, 4) is 16.6 Å². The van der Waals surface area contributed by atoms with Gasteiger partial charge in [0.25, 0.3) is 5.69 Å². The van der Waals surface area contributed by atoms with Crippen molar-refractivity contribution in [2.75, 3.05) is 12.3 Å². The molecule has 1 aromatic carbocycles. The molecule has 2 aromatic rings. The van der Waals surface area contributed by atoms with E-state index in [0.29, 0.717) is 28.3 Å². The molecular formula is C13H15N3O4S. The van der Waals surface area contributed by atoms with Gasteiger partial charge >= 0.3 is 0 Å². The van der Waals surface area contributed by atoms with Gasteiger partial charge in [0.1, 0.15) is 0 Å². The average Bonchev–Trinajstić information content (AvgIpc) is 2.86. The van der Waals surface area contributed by atoms with E-state index in [1.165, 1.54) is 35.7 Å². The summed E-state index contributed by atoms with van der Waals surface area (Å²) in [5.74, 6) is 0.741. The van der Waals surface area contributed by atoms with Crippen molar-refractivity contribution in [3.05, 3.63) is 34.5 Å². The number of non-ortho nitro benzene ring substituents is 1. The number of thiazole rings is 1. The number of hydrogen-bond donors (Lipinski definition) is 1. The molecular weight excluding hydrogens is 294 g/mol. The van der Waals surface area contributed by atoms with Crippen LogP contribution in [0.5, 0.6) is 16.6 Å². The molecule has 21 heavy (non-hydrogen) atoms. The van der Waals surface area contributed by atoms with Gasteiger partial charge in [0, 0.05) is 6.07 Å². The lowest BCUT2D eigenvalue weighted by Gasteiger charge is -2.10. The van der Waals surface area contributed by atoms with E-state index >= 15 is 0 Å². The van der Waals surface area contributed by atoms with Crippen LogP contribution in [0.3, 0.4) is 0 Å². The van der Waals surface area contributed by atoms with Crippen LogP contribution in [0.4, 0.5) is 10.8 Å². The number of ether oxygens (including phenoxy) is 2. The molecule has 0 aliphatic heterocycles. The maximum atomic E-state index is 10.8. The Hall–Kier alpha value is -2.35. The van der Waals surface area contributed by atoms with Gasteiger partial charge in [-0.05, 0) is 12.5 Å². The van der Waals surface area contributed by atoms with E-state index in [4.69, 9.17) is 15.2 Å². The van der Waals surface area contributed by atoms with Crippen LogP contribution < -0.4 is 15.2 Å². The van der Waals surface area contributed by atoms with E-state index in [1.54, 1.807) is 0 Å². The van der Waals surface area contributed by atoms with E-state index in [0.717, 1.165) is 12.8 Å². The predicted molar refractivity (Wildman–Crippen MR) is 80.1 cm³/mol. The van der Waals surface area contributed by atoms with Gasteiger partial charge in [0.15, 0.2) is 16.6 Å². The smallest absolute Gasteiger partial charge is 0.273 e. The minimum Gasteiger partial charge on any atom is -0.489 e. The fraction of sp³-hybridized carbons (Fsp3) is 0.308. The van der Waals surface area contributed by atoms with Crippen LogP contribution in [0.15, 0.2) is 24.4 Å². The zero-order valence-electron chi connectivity index (χ0n) is 11.4. The summed E-state index contributed by atoms with van der Waals surface area (Å²) in [6, 6.07) is 4.23. The van der Waals surface area contributed by atoms with E-state index in [1.807, 2.05) is 6.92 Å². The molecule has 0 aliphatic carbocycles. The van der Waals surface area contributed by atoms with Crippen LogP contribution in [0.1, 0.15) is 19.8 Å². The highest BCUT2D eigenvalue weighted by atomic mass is 32.1. The molecule has 0 saturated heterocycles. The monoisotopic (exact) mass is 309 g/mol. The standard InChI is InChI=1S/C13H15N3O4S/c1-2-3-6-19-11-7-9(16(17)18)4-5-10(11)20-12-8-15-13(14)21-12/h4-5,7-8H,2-3,6H2,1H3,(H2,14,15). The second-order valence-electron chi connectivity index (χ2n) is 4.21. The quantitative estimate of drug-likeness (QED) is 0.476. The fourth-order valence-corrected chi connectivity index (χ4v) is 2.11. The summed E-state index contributed by atoms with van der Waals surface area (Å²) >= 11 is 1.19. The van der Waals surface area contributed by atoms with Crippen LogP contribution in [-0.2, 0) is 0 Å². The number of nitrogen functional groups attached to an aromatic ring is 1. The minimum absolute atomic E-state index is 0.0438. The molecule has 0 unspecified atom stereocenters. The Morgan fingerprint density at radius 3 is 2.86 bits per heavy atom. The first kappa shape index (κ1) is 15.0. The van der Waals surface area contributed by atoms with Crippen molar-refractivity contribution < 1.29 is 14.4 Å². The number of nitrogens with zero attached hydrogens (tertiary/aromatic N) is 2. The third kappa shape index (κ3) is 4.06. The van der Waals surface area contributed by atoms with Crippen molar-refractivity contribution in [1.29, 1.82) is 0 Å². The van der Waals surface area contributed by atoms with E-state index < -0.39 is 4.92 Å². The molecule has 0 fully saturated rings. The summed E-state index contributed by atoms with van der Waals surface area (Å²) in [5.41, 5.74) is 5.50. The van der Waals surface area contributed by atoms with E-state index in [9.17, 15) is 10.1 Å². The Morgan fingerprint density at radius 1 is 1.43 bits per heavy atom. The van der Waals surface area contributed by atoms with E-state index in [-0.39, 0.29) is 5.69 Å². The minimum atomic E-state index is -0.471. The number of nitro benzene ring substituents is 1. The largest absolute Gasteiger partial charge is 0.489 e. The second kappa shape index (κ2) is 6.89. The Balaban J connectivity index is 2.23. The molecule has 8 heteroatoms. The van der Waals surface area contributed by atoms with Crippen LogP contribution in [-0.4, -0.2) is 16.5 Å². The maximum Gasteiger partial charge on any atom is 0.273 e. The van der Waals surface area contributed by atoms with Crippen molar-refractivity contribution in [2.24, 2.45) is 0 Å². The SMILES string of the molecule is CCCCOc1cc([N+](=O)[O-])ccc1Oc1cnc(N)s1. The van der Waals surface area contributed by atoms with Crippen LogP contribution >= 0.6 is 11.3 Å². The fourth-order valence-electron chi connectivity index (χ4n) is 1.56. The molecule has 0 aliphatic rings. The highest BCUT2D eigenvalue weighted by Crippen LogP contribution is 2.37. The van der Waals surface area contributed by atoms with Crippen LogP contribution in [0.2, 0.25) is 0 Å². The topological polar surface area (TPSA) is 101 Å². The number of unbranched alkanes of at least 4 members (excludes halogenated alkanes) is 1. The highest BCUT2D eigenvalue weighted by molar-refractivity contribution is 7.17. The van der Waals surface area contributed by atoms with Gasteiger partial charge in [-0.1, -0.05) is 24.7 Å². The summed E-state index contributed by atoms with van der Waals surface area (Å²) in [4.78, 5) is 14.3. The number of hydrogen-bond acceptors (Lipinski definition) is 7. The average molecular weight is 309 g/mol. The molecule has 0 spiro atoms. The molecule has 0 amide bonds. The molecule has 0 atom stereocenters. The lowest BCUT2D eigenvalue weighted by atomic mass is 10.3.